The first-order valence-corrected chi connectivity index (χ1v) is 7.80. The lowest BCUT2D eigenvalue weighted by molar-refractivity contribution is -0.139. The van der Waals surface area contributed by atoms with Gasteiger partial charge >= 0.3 is 12.0 Å². The number of carboxylic acid groups (broad SMARTS) is 1. The van der Waals surface area contributed by atoms with E-state index in [0.717, 1.165) is 11.5 Å². The summed E-state index contributed by atoms with van der Waals surface area (Å²) in [5.41, 5.74) is 0. The summed E-state index contributed by atoms with van der Waals surface area (Å²) in [7, 11) is 0. The number of hydrogen-bond donors (Lipinski definition) is 3. The van der Waals surface area contributed by atoms with Crippen LogP contribution in [0.4, 0.5) is 4.79 Å². The molecule has 2 atom stereocenters. The van der Waals surface area contributed by atoms with Gasteiger partial charge in [-0.1, -0.05) is 6.92 Å². The van der Waals surface area contributed by atoms with Crippen molar-refractivity contribution >= 4 is 35.5 Å². The molecule has 0 aromatic rings. The fourth-order valence-corrected chi connectivity index (χ4v) is 4.02. The lowest BCUT2D eigenvalue weighted by atomic mass is 10.2. The Bertz CT molecular complexity index is 270. The Morgan fingerprint density at radius 1 is 1.47 bits per heavy atom. The minimum atomic E-state index is -0.995. The zero-order valence-corrected chi connectivity index (χ0v) is 11.4. The van der Waals surface area contributed by atoms with Crippen molar-refractivity contribution in [2.75, 3.05) is 23.8 Å². The molecule has 2 amide bonds. The largest absolute Gasteiger partial charge is 0.480 e. The predicted molar refractivity (Wildman–Crippen MR) is 71.8 cm³/mol. The molecule has 1 rings (SSSR count). The van der Waals surface area contributed by atoms with Crippen LogP contribution in [0.1, 0.15) is 13.3 Å². The molecule has 1 unspecified atom stereocenters. The molecular formula is C10H18N2O3S2. The Kier molecular flexibility index (Phi) is 6.57. The van der Waals surface area contributed by atoms with E-state index in [1.807, 2.05) is 23.5 Å². The molecule has 0 aromatic carbocycles. The maximum atomic E-state index is 11.5. The Hall–Kier alpha value is -0.560. The zero-order valence-electron chi connectivity index (χ0n) is 9.77. The maximum Gasteiger partial charge on any atom is 0.326 e. The molecule has 1 aliphatic rings. The second kappa shape index (κ2) is 7.71. The summed E-state index contributed by atoms with van der Waals surface area (Å²) < 4.78 is 0. The Morgan fingerprint density at radius 2 is 2.24 bits per heavy atom. The maximum absolute atomic E-state index is 11.5. The molecule has 98 valence electrons. The first-order chi connectivity index (χ1) is 8.13. The van der Waals surface area contributed by atoms with Crippen LogP contribution < -0.4 is 10.6 Å². The minimum absolute atomic E-state index is 0.386. The molecule has 1 heterocycles. The highest BCUT2D eigenvalue weighted by Gasteiger charge is 2.19. The van der Waals surface area contributed by atoms with E-state index in [-0.39, 0.29) is 0 Å². The lowest BCUT2D eigenvalue weighted by Crippen LogP contribution is -2.47. The topological polar surface area (TPSA) is 78.4 Å². The molecule has 17 heavy (non-hydrogen) atoms. The number of nitrogens with one attached hydrogen (secondary N) is 2. The van der Waals surface area contributed by atoms with Gasteiger partial charge in [-0.05, 0) is 6.42 Å². The molecule has 1 fully saturated rings. The van der Waals surface area contributed by atoms with Crippen molar-refractivity contribution in [3.63, 3.8) is 0 Å². The molecule has 5 nitrogen and oxygen atoms in total. The van der Waals surface area contributed by atoms with Gasteiger partial charge < -0.3 is 15.7 Å². The molecule has 0 spiro atoms. The second-order valence-corrected chi connectivity index (χ2v) is 6.28. The van der Waals surface area contributed by atoms with Crippen molar-refractivity contribution in [1.82, 2.24) is 10.6 Å². The van der Waals surface area contributed by atoms with E-state index < -0.39 is 18.0 Å². The van der Waals surface area contributed by atoms with Crippen LogP contribution in [0.15, 0.2) is 0 Å². The van der Waals surface area contributed by atoms with Crippen molar-refractivity contribution in [2.24, 2.45) is 0 Å². The highest BCUT2D eigenvalue weighted by Crippen LogP contribution is 2.23. The lowest BCUT2D eigenvalue weighted by Gasteiger charge is -2.21. The average Bonchev–Trinajstić information content (AvgIpc) is 2.34. The first-order valence-electron chi connectivity index (χ1n) is 5.60. The normalized spacial score (nSPS) is 21.6. The predicted octanol–water partition coefficient (Wildman–Crippen LogP) is 0.997. The summed E-state index contributed by atoms with van der Waals surface area (Å²) in [4.78, 5) is 22.2. The van der Waals surface area contributed by atoms with Gasteiger partial charge in [-0.2, -0.15) is 23.5 Å². The number of rotatable bonds is 5. The van der Waals surface area contributed by atoms with Crippen molar-refractivity contribution in [1.29, 1.82) is 0 Å². The number of urea groups is 1. The summed E-state index contributed by atoms with van der Waals surface area (Å²) >= 11 is 3.75. The van der Waals surface area contributed by atoms with Crippen LogP contribution in [0.2, 0.25) is 0 Å². The molecule has 0 radical (unpaired) electrons. The molecule has 0 bridgehead atoms. The minimum Gasteiger partial charge on any atom is -0.480 e. The summed E-state index contributed by atoms with van der Waals surface area (Å²) in [6.07, 6.45) is 0.386. The van der Waals surface area contributed by atoms with E-state index >= 15 is 0 Å². The van der Waals surface area contributed by atoms with Crippen LogP contribution in [-0.4, -0.2) is 52.2 Å². The Morgan fingerprint density at radius 3 is 2.76 bits per heavy atom. The van der Waals surface area contributed by atoms with E-state index in [0.29, 0.717) is 18.2 Å². The van der Waals surface area contributed by atoms with Gasteiger partial charge in [0.2, 0.25) is 0 Å². The van der Waals surface area contributed by atoms with Gasteiger partial charge in [-0.25, -0.2) is 9.59 Å². The van der Waals surface area contributed by atoms with Gasteiger partial charge in [0.05, 0.1) is 0 Å². The van der Waals surface area contributed by atoms with Crippen LogP contribution in [0.25, 0.3) is 0 Å². The van der Waals surface area contributed by atoms with Crippen LogP contribution in [-0.2, 0) is 4.79 Å². The molecule has 1 saturated heterocycles. The van der Waals surface area contributed by atoms with Gasteiger partial charge in [-0.3, -0.25) is 0 Å². The highest BCUT2D eigenvalue weighted by molar-refractivity contribution is 8.06. The molecule has 3 N–H and O–H groups in total. The van der Waals surface area contributed by atoms with E-state index in [4.69, 9.17) is 5.11 Å². The average molecular weight is 278 g/mol. The number of thioether (sulfide) groups is 2. The zero-order chi connectivity index (χ0) is 12.7. The van der Waals surface area contributed by atoms with Gasteiger partial charge in [0.15, 0.2) is 0 Å². The number of carbonyl (C=O) groups is 2. The Labute approximate surface area is 109 Å². The fourth-order valence-electron chi connectivity index (χ4n) is 1.41. The summed E-state index contributed by atoms with van der Waals surface area (Å²) in [6.45, 7) is 2.33. The number of carboxylic acids is 1. The SMILES string of the molecule is CC[C@@H](NC(=O)NCC1CSCCS1)C(=O)O. The molecular weight excluding hydrogens is 260 g/mol. The third-order valence-electron chi connectivity index (χ3n) is 2.39. The third-order valence-corrected chi connectivity index (χ3v) is 5.23. The van der Waals surface area contributed by atoms with Crippen molar-refractivity contribution < 1.29 is 14.7 Å². The highest BCUT2D eigenvalue weighted by atomic mass is 32.2. The van der Waals surface area contributed by atoms with Gasteiger partial charge in [0.1, 0.15) is 6.04 Å². The molecule has 7 heteroatoms. The van der Waals surface area contributed by atoms with E-state index in [1.165, 1.54) is 5.75 Å². The number of aliphatic carboxylic acids is 1. The monoisotopic (exact) mass is 278 g/mol. The number of hydrogen-bond acceptors (Lipinski definition) is 4. The number of amides is 2. The second-order valence-electron chi connectivity index (χ2n) is 3.72. The van der Waals surface area contributed by atoms with Crippen molar-refractivity contribution in [2.45, 2.75) is 24.6 Å². The number of carbonyl (C=O) groups excluding carboxylic acids is 1. The van der Waals surface area contributed by atoms with Crippen LogP contribution in [0.5, 0.6) is 0 Å². The third kappa shape index (κ3) is 5.54. The van der Waals surface area contributed by atoms with Crippen molar-refractivity contribution in [3.8, 4) is 0 Å². The van der Waals surface area contributed by atoms with E-state index in [2.05, 4.69) is 10.6 Å². The van der Waals surface area contributed by atoms with Gasteiger partial charge in [-0.15, -0.1) is 0 Å². The molecule has 0 aromatic heterocycles. The van der Waals surface area contributed by atoms with E-state index in [1.54, 1.807) is 6.92 Å². The van der Waals surface area contributed by atoms with Crippen LogP contribution in [0.3, 0.4) is 0 Å². The first kappa shape index (κ1) is 14.5. The smallest absolute Gasteiger partial charge is 0.326 e. The van der Waals surface area contributed by atoms with Crippen LogP contribution in [0, 0.1) is 0 Å². The summed E-state index contributed by atoms with van der Waals surface area (Å²) in [5, 5.41) is 14.4. The molecule has 1 aliphatic heterocycles. The summed E-state index contributed by atoms with van der Waals surface area (Å²) in [5.74, 6) is 2.33. The molecule has 0 aliphatic carbocycles. The van der Waals surface area contributed by atoms with Gasteiger partial charge in [0.25, 0.3) is 0 Å². The Balaban J connectivity index is 2.21. The fraction of sp³-hybridized carbons (Fsp3) is 0.800. The quantitative estimate of drug-likeness (QED) is 0.699. The van der Waals surface area contributed by atoms with Crippen molar-refractivity contribution in [3.05, 3.63) is 0 Å². The van der Waals surface area contributed by atoms with E-state index in [9.17, 15) is 9.59 Å². The van der Waals surface area contributed by atoms with Gasteiger partial charge in [0, 0.05) is 29.1 Å². The summed E-state index contributed by atoms with van der Waals surface area (Å²) in [6, 6.07) is -1.20. The standard InChI is InChI=1S/C10H18N2O3S2/c1-2-8(9(13)14)12-10(15)11-5-7-6-16-3-4-17-7/h7-8H,2-6H2,1H3,(H,13,14)(H2,11,12,15)/t7?,8-/m1/s1. The van der Waals surface area contributed by atoms with Crippen LogP contribution >= 0.6 is 23.5 Å². The molecule has 0 saturated carbocycles.